The molecule has 0 unspecified atom stereocenters. The van der Waals surface area contributed by atoms with Gasteiger partial charge in [-0.2, -0.15) is 0 Å². The van der Waals surface area contributed by atoms with Crippen molar-refractivity contribution >= 4 is 46.4 Å². The Morgan fingerprint density at radius 1 is 1.20 bits per heavy atom. The number of ether oxygens (including phenoxy) is 1. The molecule has 2 aromatic rings. The van der Waals surface area contributed by atoms with Gasteiger partial charge in [0, 0.05) is 11.8 Å². The second-order valence-corrected chi connectivity index (χ2v) is 4.93. The van der Waals surface area contributed by atoms with E-state index < -0.39 is 5.91 Å². The van der Waals surface area contributed by atoms with E-state index in [9.17, 15) is 4.79 Å². The number of carbonyl (C=O) groups is 1. The molecule has 4 nitrogen and oxygen atoms in total. The van der Waals surface area contributed by atoms with Crippen LogP contribution in [0.4, 0.5) is 5.69 Å². The highest BCUT2D eigenvalue weighted by molar-refractivity contribution is 6.35. The SMILES string of the molecule is COc1cc(NC(=O)c2ccc(Cl)nc2Cl)ccc1Cl. The maximum Gasteiger partial charge on any atom is 0.258 e. The number of aromatic nitrogens is 1. The van der Waals surface area contributed by atoms with Gasteiger partial charge in [0.2, 0.25) is 0 Å². The normalized spacial score (nSPS) is 10.2. The first-order valence-electron chi connectivity index (χ1n) is 5.48. The fourth-order valence-electron chi connectivity index (χ4n) is 1.52. The molecule has 7 heteroatoms. The van der Waals surface area contributed by atoms with Crippen molar-refractivity contribution in [1.29, 1.82) is 0 Å². The van der Waals surface area contributed by atoms with Crippen molar-refractivity contribution in [3.8, 4) is 5.75 Å². The van der Waals surface area contributed by atoms with Gasteiger partial charge in [-0.15, -0.1) is 0 Å². The monoisotopic (exact) mass is 330 g/mol. The Hall–Kier alpha value is -1.49. The van der Waals surface area contributed by atoms with Crippen molar-refractivity contribution in [3.05, 3.63) is 51.2 Å². The molecule has 0 fully saturated rings. The number of carbonyl (C=O) groups excluding carboxylic acids is 1. The van der Waals surface area contributed by atoms with Gasteiger partial charge in [0.05, 0.1) is 17.7 Å². The Labute approximate surface area is 130 Å². The van der Waals surface area contributed by atoms with E-state index in [1.165, 1.54) is 19.2 Å². The molecular formula is C13H9Cl3N2O2. The van der Waals surface area contributed by atoms with Gasteiger partial charge >= 0.3 is 0 Å². The minimum absolute atomic E-state index is 0.0379. The fraction of sp³-hybridized carbons (Fsp3) is 0.0769. The van der Waals surface area contributed by atoms with E-state index in [2.05, 4.69) is 10.3 Å². The molecule has 0 radical (unpaired) electrons. The summed E-state index contributed by atoms with van der Waals surface area (Å²) in [6.07, 6.45) is 0. The highest BCUT2D eigenvalue weighted by atomic mass is 35.5. The van der Waals surface area contributed by atoms with E-state index in [1.54, 1.807) is 18.2 Å². The Morgan fingerprint density at radius 3 is 2.60 bits per heavy atom. The second-order valence-electron chi connectivity index (χ2n) is 3.78. The summed E-state index contributed by atoms with van der Waals surface area (Å²) in [5.41, 5.74) is 0.757. The number of anilines is 1. The number of halogens is 3. The van der Waals surface area contributed by atoms with E-state index in [4.69, 9.17) is 39.5 Å². The van der Waals surface area contributed by atoms with Gasteiger partial charge in [0.25, 0.3) is 5.91 Å². The van der Waals surface area contributed by atoms with Crippen LogP contribution >= 0.6 is 34.8 Å². The zero-order valence-electron chi connectivity index (χ0n) is 10.3. The zero-order chi connectivity index (χ0) is 14.7. The molecule has 1 aromatic carbocycles. The standard InChI is InChI=1S/C13H9Cl3N2O2/c1-20-10-6-7(2-4-9(10)14)17-13(19)8-3-5-11(15)18-12(8)16/h2-6H,1H3,(H,17,19). The van der Waals surface area contributed by atoms with Crippen molar-refractivity contribution in [2.45, 2.75) is 0 Å². The van der Waals surface area contributed by atoms with E-state index in [0.29, 0.717) is 16.5 Å². The van der Waals surface area contributed by atoms with Gasteiger partial charge in [-0.25, -0.2) is 4.98 Å². The van der Waals surface area contributed by atoms with Crippen LogP contribution in [0.3, 0.4) is 0 Å². The van der Waals surface area contributed by atoms with E-state index in [1.807, 2.05) is 0 Å². The van der Waals surface area contributed by atoms with Crippen LogP contribution in [0.15, 0.2) is 30.3 Å². The second kappa shape index (κ2) is 6.31. The first-order chi connectivity index (χ1) is 9.51. The predicted octanol–water partition coefficient (Wildman–Crippen LogP) is 4.30. The van der Waals surface area contributed by atoms with Crippen LogP contribution in [-0.4, -0.2) is 18.0 Å². The minimum Gasteiger partial charge on any atom is -0.495 e. The first kappa shape index (κ1) is 14.9. The molecule has 0 saturated carbocycles. The van der Waals surface area contributed by atoms with Crippen molar-refractivity contribution < 1.29 is 9.53 Å². The van der Waals surface area contributed by atoms with Gasteiger partial charge in [-0.3, -0.25) is 4.79 Å². The highest BCUT2D eigenvalue weighted by Gasteiger charge is 2.13. The molecular weight excluding hydrogens is 323 g/mol. The minimum atomic E-state index is -0.399. The van der Waals surface area contributed by atoms with Crippen LogP contribution in [-0.2, 0) is 0 Å². The quantitative estimate of drug-likeness (QED) is 0.853. The van der Waals surface area contributed by atoms with Crippen molar-refractivity contribution in [1.82, 2.24) is 4.98 Å². The van der Waals surface area contributed by atoms with Crippen LogP contribution in [0.1, 0.15) is 10.4 Å². The molecule has 1 heterocycles. The number of methoxy groups -OCH3 is 1. The molecule has 1 N–H and O–H groups in total. The van der Waals surface area contributed by atoms with Gasteiger partial charge in [-0.1, -0.05) is 34.8 Å². The molecule has 2 rings (SSSR count). The number of nitrogens with zero attached hydrogens (tertiary/aromatic N) is 1. The highest BCUT2D eigenvalue weighted by Crippen LogP contribution is 2.28. The third-order valence-corrected chi connectivity index (χ3v) is 3.28. The summed E-state index contributed by atoms with van der Waals surface area (Å²) in [7, 11) is 1.49. The summed E-state index contributed by atoms with van der Waals surface area (Å²) < 4.78 is 5.07. The number of amides is 1. The lowest BCUT2D eigenvalue weighted by Gasteiger charge is -2.09. The fourth-order valence-corrected chi connectivity index (χ4v) is 2.14. The summed E-state index contributed by atoms with van der Waals surface area (Å²) in [5, 5.41) is 3.39. The summed E-state index contributed by atoms with van der Waals surface area (Å²) in [6, 6.07) is 7.88. The Morgan fingerprint density at radius 2 is 1.95 bits per heavy atom. The number of benzene rings is 1. The molecule has 1 amide bonds. The number of hydrogen-bond donors (Lipinski definition) is 1. The average Bonchev–Trinajstić information content (AvgIpc) is 2.40. The molecule has 0 bridgehead atoms. The van der Waals surface area contributed by atoms with Crippen LogP contribution in [0, 0.1) is 0 Å². The molecule has 0 spiro atoms. The van der Waals surface area contributed by atoms with E-state index in [-0.39, 0.29) is 15.9 Å². The number of hydrogen-bond acceptors (Lipinski definition) is 3. The molecule has 1 aromatic heterocycles. The average molecular weight is 332 g/mol. The largest absolute Gasteiger partial charge is 0.495 e. The van der Waals surface area contributed by atoms with Crippen molar-refractivity contribution in [2.75, 3.05) is 12.4 Å². The van der Waals surface area contributed by atoms with E-state index in [0.717, 1.165) is 0 Å². The third-order valence-electron chi connectivity index (χ3n) is 2.47. The van der Waals surface area contributed by atoms with Crippen LogP contribution < -0.4 is 10.1 Å². The van der Waals surface area contributed by atoms with Crippen molar-refractivity contribution in [3.63, 3.8) is 0 Å². The molecule has 0 aliphatic carbocycles. The summed E-state index contributed by atoms with van der Waals surface area (Å²) in [4.78, 5) is 15.9. The maximum absolute atomic E-state index is 12.1. The molecule has 0 aliphatic rings. The third kappa shape index (κ3) is 3.33. The predicted molar refractivity (Wildman–Crippen MR) is 80.2 cm³/mol. The molecule has 0 atom stereocenters. The first-order valence-corrected chi connectivity index (χ1v) is 6.61. The number of rotatable bonds is 3. The van der Waals surface area contributed by atoms with Gasteiger partial charge < -0.3 is 10.1 Å². The van der Waals surface area contributed by atoms with Crippen LogP contribution in [0.5, 0.6) is 5.75 Å². The lowest BCUT2D eigenvalue weighted by molar-refractivity contribution is 0.102. The van der Waals surface area contributed by atoms with Gasteiger partial charge in [0.15, 0.2) is 0 Å². The lowest BCUT2D eigenvalue weighted by atomic mass is 10.2. The lowest BCUT2D eigenvalue weighted by Crippen LogP contribution is -2.13. The number of nitrogens with one attached hydrogen (secondary N) is 1. The zero-order valence-corrected chi connectivity index (χ0v) is 12.6. The topological polar surface area (TPSA) is 51.2 Å². The van der Waals surface area contributed by atoms with Crippen LogP contribution in [0.25, 0.3) is 0 Å². The van der Waals surface area contributed by atoms with Crippen molar-refractivity contribution in [2.24, 2.45) is 0 Å². The summed E-state index contributed by atoms with van der Waals surface area (Å²) in [6.45, 7) is 0. The Kier molecular flexibility index (Phi) is 4.70. The van der Waals surface area contributed by atoms with Crippen LogP contribution in [0.2, 0.25) is 15.3 Å². The molecule has 20 heavy (non-hydrogen) atoms. The smallest absolute Gasteiger partial charge is 0.258 e. The molecule has 0 aliphatic heterocycles. The summed E-state index contributed by atoms with van der Waals surface area (Å²) in [5.74, 6) is 0.0633. The van der Waals surface area contributed by atoms with Gasteiger partial charge in [0.1, 0.15) is 16.1 Å². The summed E-state index contributed by atoms with van der Waals surface area (Å²) >= 11 is 17.5. The molecule has 104 valence electrons. The molecule has 0 saturated heterocycles. The maximum atomic E-state index is 12.1. The van der Waals surface area contributed by atoms with Gasteiger partial charge in [-0.05, 0) is 24.3 Å². The Balaban J connectivity index is 2.23. The van der Waals surface area contributed by atoms with E-state index >= 15 is 0 Å². The Bertz CT molecular complexity index is 662. The number of pyridine rings is 1.